The van der Waals surface area contributed by atoms with Crippen LogP contribution in [0, 0.1) is 11.6 Å². The van der Waals surface area contributed by atoms with Gasteiger partial charge < -0.3 is 4.74 Å². The van der Waals surface area contributed by atoms with E-state index in [1.54, 1.807) is 0 Å². The fourth-order valence-corrected chi connectivity index (χ4v) is 0.999. The van der Waals surface area contributed by atoms with E-state index in [-0.39, 0.29) is 17.9 Å². The highest BCUT2D eigenvalue weighted by molar-refractivity contribution is 5.36. The minimum atomic E-state index is -0.715. The van der Waals surface area contributed by atoms with Crippen LogP contribution in [0.4, 0.5) is 8.78 Å². The van der Waals surface area contributed by atoms with E-state index in [0.717, 1.165) is 12.1 Å². The van der Waals surface area contributed by atoms with Crippen molar-refractivity contribution in [2.75, 3.05) is 7.11 Å². The van der Waals surface area contributed by atoms with Crippen molar-refractivity contribution >= 4 is 6.08 Å². The standard InChI is InChI=1S/C9H7F2NO2/c1-14-8-3-7(10)2-6(9(8)11)4-12-5-13/h2-3H,4H2,1H3. The molecule has 0 saturated heterocycles. The number of ether oxygens (including phenoxy) is 1. The second-order valence-electron chi connectivity index (χ2n) is 2.49. The highest BCUT2D eigenvalue weighted by atomic mass is 19.1. The summed E-state index contributed by atoms with van der Waals surface area (Å²) in [6.45, 7) is -0.247. The van der Waals surface area contributed by atoms with Crippen LogP contribution in [0.25, 0.3) is 0 Å². The molecule has 1 aromatic rings. The van der Waals surface area contributed by atoms with Crippen LogP contribution < -0.4 is 4.74 Å². The average molecular weight is 199 g/mol. The van der Waals surface area contributed by atoms with Crippen molar-refractivity contribution in [3.8, 4) is 5.75 Å². The van der Waals surface area contributed by atoms with Gasteiger partial charge in [0, 0.05) is 11.6 Å². The highest BCUT2D eigenvalue weighted by Gasteiger charge is 2.10. The molecule has 0 N–H and O–H groups in total. The lowest BCUT2D eigenvalue weighted by atomic mass is 10.2. The smallest absolute Gasteiger partial charge is 0.235 e. The molecule has 3 nitrogen and oxygen atoms in total. The number of halogens is 2. The lowest BCUT2D eigenvalue weighted by molar-refractivity contribution is 0.380. The van der Waals surface area contributed by atoms with Gasteiger partial charge in [-0.1, -0.05) is 0 Å². The molecule has 0 saturated carbocycles. The zero-order chi connectivity index (χ0) is 10.6. The summed E-state index contributed by atoms with van der Waals surface area (Å²) in [5.41, 5.74) is -0.0369. The van der Waals surface area contributed by atoms with Crippen LogP contribution in [0.5, 0.6) is 5.75 Å². The van der Waals surface area contributed by atoms with Crippen LogP contribution in [0.3, 0.4) is 0 Å². The number of hydrogen-bond acceptors (Lipinski definition) is 3. The zero-order valence-electron chi connectivity index (χ0n) is 7.38. The minimum absolute atomic E-state index is 0.0369. The third-order valence-corrected chi connectivity index (χ3v) is 1.61. The monoisotopic (exact) mass is 199 g/mol. The van der Waals surface area contributed by atoms with Gasteiger partial charge in [-0.15, -0.1) is 0 Å². The first-order chi connectivity index (χ1) is 6.69. The number of carbonyl (C=O) groups excluding carboxylic acids is 1. The summed E-state index contributed by atoms with van der Waals surface area (Å²) in [5.74, 6) is -1.56. The van der Waals surface area contributed by atoms with Gasteiger partial charge in [-0.25, -0.2) is 18.6 Å². The Labute approximate surface area is 79.0 Å². The fourth-order valence-electron chi connectivity index (χ4n) is 0.999. The Morgan fingerprint density at radius 3 is 2.79 bits per heavy atom. The molecule has 1 aromatic carbocycles. The molecular weight excluding hydrogens is 192 g/mol. The second-order valence-corrected chi connectivity index (χ2v) is 2.49. The van der Waals surface area contributed by atoms with Gasteiger partial charge in [0.05, 0.1) is 13.7 Å². The Balaban J connectivity index is 3.14. The quantitative estimate of drug-likeness (QED) is 0.550. The molecule has 0 aromatic heterocycles. The highest BCUT2D eigenvalue weighted by Crippen LogP contribution is 2.22. The van der Waals surface area contributed by atoms with E-state index in [9.17, 15) is 13.6 Å². The van der Waals surface area contributed by atoms with E-state index in [4.69, 9.17) is 0 Å². The molecule has 0 heterocycles. The Bertz CT molecular complexity index is 387. The molecule has 0 aliphatic rings. The topological polar surface area (TPSA) is 38.7 Å². The van der Waals surface area contributed by atoms with E-state index in [2.05, 4.69) is 9.73 Å². The van der Waals surface area contributed by atoms with Gasteiger partial charge in [0.1, 0.15) is 5.82 Å². The number of hydrogen-bond donors (Lipinski definition) is 0. The lowest BCUT2D eigenvalue weighted by Crippen LogP contribution is -1.95. The number of rotatable bonds is 3. The molecule has 5 heteroatoms. The fraction of sp³-hybridized carbons (Fsp3) is 0.222. The summed E-state index contributed by atoms with van der Waals surface area (Å²) in [6.07, 6.45) is 1.25. The summed E-state index contributed by atoms with van der Waals surface area (Å²) in [6, 6.07) is 1.88. The van der Waals surface area contributed by atoms with Crippen molar-refractivity contribution in [2.24, 2.45) is 4.99 Å². The summed E-state index contributed by atoms with van der Waals surface area (Å²) in [7, 11) is 1.23. The molecule has 1 rings (SSSR count). The van der Waals surface area contributed by atoms with Crippen molar-refractivity contribution in [1.82, 2.24) is 0 Å². The van der Waals surface area contributed by atoms with Crippen molar-refractivity contribution in [3.05, 3.63) is 29.3 Å². The molecule has 0 aliphatic carbocycles. The molecule has 0 atom stereocenters. The normalized spacial score (nSPS) is 9.36. The second kappa shape index (κ2) is 4.48. The molecule has 0 radical (unpaired) electrons. The third-order valence-electron chi connectivity index (χ3n) is 1.61. The number of methoxy groups -OCH3 is 1. The van der Waals surface area contributed by atoms with Crippen LogP contribution >= 0.6 is 0 Å². The Morgan fingerprint density at radius 1 is 1.50 bits per heavy atom. The maximum Gasteiger partial charge on any atom is 0.235 e. The van der Waals surface area contributed by atoms with E-state index in [0.29, 0.717) is 0 Å². The summed E-state index contributed by atoms with van der Waals surface area (Å²) in [4.78, 5) is 12.9. The van der Waals surface area contributed by atoms with Crippen LogP contribution in [0.15, 0.2) is 17.1 Å². The Hall–Kier alpha value is -1.74. The maximum absolute atomic E-state index is 13.3. The number of benzene rings is 1. The van der Waals surface area contributed by atoms with Gasteiger partial charge in [0.2, 0.25) is 6.08 Å². The van der Waals surface area contributed by atoms with Gasteiger partial charge in [0.25, 0.3) is 0 Å². The third kappa shape index (κ3) is 2.14. The summed E-state index contributed by atoms with van der Waals surface area (Å²) < 4.78 is 30.7. The Morgan fingerprint density at radius 2 is 2.21 bits per heavy atom. The first-order valence-electron chi connectivity index (χ1n) is 3.74. The van der Waals surface area contributed by atoms with Crippen LogP contribution in [-0.4, -0.2) is 13.2 Å². The lowest BCUT2D eigenvalue weighted by Gasteiger charge is -2.05. The largest absolute Gasteiger partial charge is 0.494 e. The maximum atomic E-state index is 13.3. The first-order valence-corrected chi connectivity index (χ1v) is 3.74. The predicted molar refractivity (Wildman–Crippen MR) is 44.7 cm³/mol. The minimum Gasteiger partial charge on any atom is -0.494 e. The van der Waals surface area contributed by atoms with E-state index < -0.39 is 11.6 Å². The van der Waals surface area contributed by atoms with E-state index in [1.165, 1.54) is 13.2 Å². The molecule has 0 aliphatic heterocycles. The van der Waals surface area contributed by atoms with Crippen molar-refractivity contribution < 1.29 is 18.3 Å². The summed E-state index contributed by atoms with van der Waals surface area (Å²) in [5, 5.41) is 0. The molecule has 14 heavy (non-hydrogen) atoms. The zero-order valence-corrected chi connectivity index (χ0v) is 7.38. The van der Waals surface area contributed by atoms with Crippen LogP contribution in [-0.2, 0) is 11.3 Å². The average Bonchev–Trinajstić information content (AvgIpc) is 2.18. The summed E-state index contributed by atoms with van der Waals surface area (Å²) >= 11 is 0. The molecular formula is C9H7F2NO2. The molecule has 0 amide bonds. The van der Waals surface area contributed by atoms with Crippen molar-refractivity contribution in [2.45, 2.75) is 6.54 Å². The SMILES string of the molecule is COc1cc(F)cc(CN=C=O)c1F. The van der Waals surface area contributed by atoms with E-state index >= 15 is 0 Å². The predicted octanol–water partition coefficient (Wildman–Crippen LogP) is 1.81. The van der Waals surface area contributed by atoms with Gasteiger partial charge in [0.15, 0.2) is 11.6 Å². The van der Waals surface area contributed by atoms with Gasteiger partial charge in [-0.05, 0) is 6.07 Å². The van der Waals surface area contributed by atoms with Crippen molar-refractivity contribution in [3.63, 3.8) is 0 Å². The molecule has 0 bridgehead atoms. The number of aliphatic imine (C=N–C) groups is 1. The van der Waals surface area contributed by atoms with Gasteiger partial charge >= 0.3 is 0 Å². The van der Waals surface area contributed by atoms with Crippen LogP contribution in [0.2, 0.25) is 0 Å². The van der Waals surface area contributed by atoms with Crippen molar-refractivity contribution in [1.29, 1.82) is 0 Å². The number of isocyanates is 1. The van der Waals surface area contributed by atoms with E-state index in [1.807, 2.05) is 0 Å². The Kier molecular flexibility index (Phi) is 3.31. The molecule has 74 valence electrons. The van der Waals surface area contributed by atoms with Gasteiger partial charge in [-0.2, -0.15) is 0 Å². The molecule has 0 fully saturated rings. The first kappa shape index (κ1) is 10.3. The van der Waals surface area contributed by atoms with Gasteiger partial charge in [-0.3, -0.25) is 0 Å². The van der Waals surface area contributed by atoms with Crippen LogP contribution in [0.1, 0.15) is 5.56 Å². The molecule has 0 spiro atoms. The number of nitrogens with zero attached hydrogens (tertiary/aromatic N) is 1. The molecule has 0 unspecified atom stereocenters.